The van der Waals surface area contributed by atoms with Gasteiger partial charge in [-0.25, -0.2) is 0 Å². The van der Waals surface area contributed by atoms with E-state index >= 15 is 0 Å². The second-order valence-corrected chi connectivity index (χ2v) is 7.07. The predicted octanol–water partition coefficient (Wildman–Crippen LogP) is 3.31. The van der Waals surface area contributed by atoms with Crippen LogP contribution in [0.4, 0.5) is 0 Å². The van der Waals surface area contributed by atoms with Gasteiger partial charge in [0.15, 0.2) is 0 Å². The molecule has 2 heterocycles. The van der Waals surface area contributed by atoms with Crippen LogP contribution in [0.5, 0.6) is 5.75 Å². The van der Waals surface area contributed by atoms with Crippen LogP contribution in [-0.4, -0.2) is 42.7 Å². The first-order valence-corrected chi connectivity index (χ1v) is 8.93. The molecule has 0 spiro atoms. The molecule has 122 valence electrons. The summed E-state index contributed by atoms with van der Waals surface area (Å²) < 4.78 is 6.45. The maximum atomic E-state index is 6.45. The van der Waals surface area contributed by atoms with Crippen LogP contribution in [-0.2, 0) is 0 Å². The molecule has 2 saturated heterocycles. The minimum Gasteiger partial charge on any atom is -0.489 e. The molecule has 22 heavy (non-hydrogen) atoms. The Balaban J connectivity index is 1.66. The smallest absolute Gasteiger partial charge is 0.119 e. The number of nitrogens with one attached hydrogen (secondary N) is 1. The third-order valence-corrected chi connectivity index (χ3v) is 5.28. The van der Waals surface area contributed by atoms with Gasteiger partial charge in [0, 0.05) is 12.1 Å². The molecule has 3 heteroatoms. The summed E-state index contributed by atoms with van der Waals surface area (Å²) in [4.78, 5) is 2.60. The lowest BCUT2D eigenvalue weighted by Gasteiger charge is -2.39. The van der Waals surface area contributed by atoms with Crippen molar-refractivity contribution >= 4 is 0 Å². The fourth-order valence-electron chi connectivity index (χ4n) is 3.92. The van der Waals surface area contributed by atoms with Crippen molar-refractivity contribution in [1.82, 2.24) is 10.2 Å². The van der Waals surface area contributed by atoms with E-state index in [1.54, 1.807) is 0 Å². The van der Waals surface area contributed by atoms with E-state index < -0.39 is 0 Å². The molecule has 2 aliphatic rings. The Morgan fingerprint density at radius 3 is 2.41 bits per heavy atom. The van der Waals surface area contributed by atoms with E-state index in [1.807, 2.05) is 0 Å². The third-order valence-electron chi connectivity index (χ3n) is 5.28. The molecule has 0 saturated carbocycles. The minimum absolute atomic E-state index is 0.319. The van der Waals surface area contributed by atoms with Gasteiger partial charge < -0.3 is 15.0 Å². The maximum absolute atomic E-state index is 6.45. The second-order valence-electron chi connectivity index (χ2n) is 7.07. The predicted molar refractivity (Wildman–Crippen MR) is 91.3 cm³/mol. The number of hydrogen-bond donors (Lipinski definition) is 1. The van der Waals surface area contributed by atoms with Gasteiger partial charge in [-0.1, -0.05) is 18.2 Å². The molecule has 2 atom stereocenters. The van der Waals surface area contributed by atoms with Gasteiger partial charge in [0.05, 0.1) is 0 Å². The van der Waals surface area contributed by atoms with Crippen LogP contribution in [0.2, 0.25) is 0 Å². The lowest BCUT2D eigenvalue weighted by Crippen LogP contribution is -2.49. The van der Waals surface area contributed by atoms with Gasteiger partial charge in [-0.2, -0.15) is 0 Å². The van der Waals surface area contributed by atoms with Crippen LogP contribution < -0.4 is 10.1 Å². The highest BCUT2D eigenvalue weighted by Crippen LogP contribution is 2.29. The van der Waals surface area contributed by atoms with E-state index in [1.165, 1.54) is 38.8 Å². The van der Waals surface area contributed by atoms with Gasteiger partial charge in [0.1, 0.15) is 11.9 Å². The fraction of sp³-hybridized carbons (Fsp3) is 0.684. The molecule has 2 unspecified atom stereocenters. The van der Waals surface area contributed by atoms with E-state index in [4.69, 9.17) is 4.74 Å². The van der Waals surface area contributed by atoms with Gasteiger partial charge in [-0.3, -0.25) is 0 Å². The van der Waals surface area contributed by atoms with Crippen LogP contribution in [0.1, 0.15) is 39.5 Å². The van der Waals surface area contributed by atoms with E-state index in [-0.39, 0.29) is 0 Å². The fourth-order valence-corrected chi connectivity index (χ4v) is 3.92. The van der Waals surface area contributed by atoms with Crippen LogP contribution in [0.15, 0.2) is 30.3 Å². The quantitative estimate of drug-likeness (QED) is 0.903. The number of hydrogen-bond acceptors (Lipinski definition) is 3. The first kappa shape index (κ1) is 15.8. The summed E-state index contributed by atoms with van der Waals surface area (Å²) in [6.07, 6.45) is 5.37. The molecule has 1 aromatic rings. The maximum Gasteiger partial charge on any atom is 0.119 e. The first-order chi connectivity index (χ1) is 10.7. The van der Waals surface area contributed by atoms with E-state index in [0.717, 1.165) is 12.3 Å². The zero-order valence-electron chi connectivity index (χ0n) is 14.0. The highest BCUT2D eigenvalue weighted by molar-refractivity contribution is 5.21. The molecular weight excluding hydrogens is 272 g/mol. The van der Waals surface area contributed by atoms with Crippen molar-refractivity contribution in [2.45, 2.75) is 57.7 Å². The van der Waals surface area contributed by atoms with Gasteiger partial charge in [0.2, 0.25) is 0 Å². The Labute approximate surface area is 135 Å². The Kier molecular flexibility index (Phi) is 5.37. The first-order valence-electron chi connectivity index (χ1n) is 8.93. The van der Waals surface area contributed by atoms with Crippen molar-refractivity contribution in [3.05, 3.63) is 30.3 Å². The number of para-hydroxylation sites is 1. The van der Waals surface area contributed by atoms with E-state index in [2.05, 4.69) is 54.4 Å². The largest absolute Gasteiger partial charge is 0.489 e. The molecule has 1 N–H and O–H groups in total. The summed E-state index contributed by atoms with van der Waals surface area (Å²) in [5.74, 6) is 1.69. The zero-order valence-corrected chi connectivity index (χ0v) is 14.0. The molecule has 3 nitrogen and oxygen atoms in total. The van der Waals surface area contributed by atoms with Crippen LogP contribution in [0.3, 0.4) is 0 Å². The van der Waals surface area contributed by atoms with Gasteiger partial charge in [0.25, 0.3) is 0 Å². The lowest BCUT2D eigenvalue weighted by atomic mass is 9.86. The zero-order chi connectivity index (χ0) is 15.4. The number of likely N-dealkylation sites (tertiary alicyclic amines) is 1. The average Bonchev–Trinajstić information content (AvgIpc) is 3.08. The minimum atomic E-state index is 0.319. The Morgan fingerprint density at radius 2 is 1.82 bits per heavy atom. The molecule has 0 radical (unpaired) electrons. The molecule has 0 aliphatic carbocycles. The van der Waals surface area contributed by atoms with Gasteiger partial charge >= 0.3 is 0 Å². The Morgan fingerprint density at radius 1 is 1.09 bits per heavy atom. The molecule has 0 bridgehead atoms. The summed E-state index contributed by atoms with van der Waals surface area (Å²) >= 11 is 0. The number of ether oxygens (including phenoxy) is 1. The van der Waals surface area contributed by atoms with Gasteiger partial charge in [-0.05, 0) is 77.2 Å². The van der Waals surface area contributed by atoms with Crippen molar-refractivity contribution in [2.24, 2.45) is 5.92 Å². The summed E-state index contributed by atoms with van der Waals surface area (Å²) in [7, 11) is 0. The molecule has 2 aliphatic heterocycles. The monoisotopic (exact) mass is 302 g/mol. The number of rotatable bonds is 5. The lowest BCUT2D eigenvalue weighted by molar-refractivity contribution is 0.0467. The Hall–Kier alpha value is -1.06. The number of piperidine rings is 1. The number of benzene rings is 1. The topological polar surface area (TPSA) is 24.5 Å². The van der Waals surface area contributed by atoms with Crippen LogP contribution in [0, 0.1) is 5.92 Å². The summed E-state index contributed by atoms with van der Waals surface area (Å²) in [5, 5.41) is 3.67. The van der Waals surface area contributed by atoms with Crippen LogP contribution >= 0.6 is 0 Å². The second kappa shape index (κ2) is 7.47. The van der Waals surface area contributed by atoms with Crippen molar-refractivity contribution in [3.63, 3.8) is 0 Å². The molecule has 1 aromatic carbocycles. The Bertz CT molecular complexity index is 434. The van der Waals surface area contributed by atoms with Crippen molar-refractivity contribution in [2.75, 3.05) is 19.6 Å². The van der Waals surface area contributed by atoms with Gasteiger partial charge in [-0.15, -0.1) is 0 Å². The average molecular weight is 302 g/mol. The number of nitrogens with zero attached hydrogens (tertiary/aromatic N) is 1. The highest BCUT2D eigenvalue weighted by Gasteiger charge is 2.35. The summed E-state index contributed by atoms with van der Waals surface area (Å²) in [6.45, 7) is 8.17. The van der Waals surface area contributed by atoms with E-state index in [0.29, 0.717) is 24.1 Å². The van der Waals surface area contributed by atoms with Crippen LogP contribution in [0.25, 0.3) is 0 Å². The van der Waals surface area contributed by atoms with E-state index in [9.17, 15) is 0 Å². The van der Waals surface area contributed by atoms with Crippen molar-refractivity contribution < 1.29 is 4.74 Å². The standard InChI is InChI=1S/C19H30N2O/c1-15(2)21-13-10-16(11-14-21)19(18-9-6-12-20-18)22-17-7-4-3-5-8-17/h3-5,7-8,15-16,18-20H,6,9-14H2,1-2H3. The summed E-state index contributed by atoms with van der Waals surface area (Å²) in [5.41, 5.74) is 0. The van der Waals surface area contributed by atoms with Crippen molar-refractivity contribution in [3.8, 4) is 5.75 Å². The third kappa shape index (κ3) is 3.82. The molecule has 0 aromatic heterocycles. The SMILES string of the molecule is CC(C)N1CCC(C(Oc2ccccc2)C2CCCN2)CC1. The summed E-state index contributed by atoms with van der Waals surface area (Å²) in [6, 6.07) is 11.5. The van der Waals surface area contributed by atoms with Crippen molar-refractivity contribution in [1.29, 1.82) is 0 Å². The normalized spacial score (nSPS) is 25.5. The molecule has 2 fully saturated rings. The highest BCUT2D eigenvalue weighted by atomic mass is 16.5. The molecular formula is C19H30N2O. The molecule has 0 amide bonds. The molecule has 3 rings (SSSR count).